The van der Waals surface area contributed by atoms with Crippen LogP contribution >= 0.6 is 12.2 Å². The van der Waals surface area contributed by atoms with E-state index in [0.717, 1.165) is 30.8 Å². The molecule has 1 saturated heterocycles. The Kier molecular flexibility index (Phi) is 3.94. The summed E-state index contributed by atoms with van der Waals surface area (Å²) in [4.78, 5) is 8.51. The van der Waals surface area contributed by atoms with Gasteiger partial charge in [-0.1, -0.05) is 6.07 Å². The molecule has 1 N–H and O–H groups in total. The topological polar surface area (TPSA) is 44.5 Å². The minimum atomic E-state index is 0.683. The van der Waals surface area contributed by atoms with E-state index < -0.39 is 0 Å². The Balaban J connectivity index is 1.62. The van der Waals surface area contributed by atoms with Gasteiger partial charge in [0, 0.05) is 18.9 Å². The van der Waals surface area contributed by atoms with Crippen LogP contribution in [0.3, 0.4) is 0 Å². The Labute approximate surface area is 123 Å². The fourth-order valence-electron chi connectivity index (χ4n) is 2.22. The first-order chi connectivity index (χ1) is 9.81. The van der Waals surface area contributed by atoms with E-state index in [2.05, 4.69) is 26.2 Å². The maximum absolute atomic E-state index is 5.38. The number of thiocarbonyl (C=S) groups is 1. The van der Waals surface area contributed by atoms with Crippen molar-refractivity contribution >= 4 is 17.3 Å². The largest absolute Gasteiger partial charge is 0.467 e. The summed E-state index contributed by atoms with van der Waals surface area (Å²) < 4.78 is 5.38. The molecule has 0 aliphatic carbocycles. The van der Waals surface area contributed by atoms with Crippen LogP contribution < -0.4 is 5.32 Å². The summed E-state index contributed by atoms with van der Waals surface area (Å²) in [5.74, 6) is 0.914. The van der Waals surface area contributed by atoms with Crippen LogP contribution in [-0.2, 0) is 13.1 Å². The van der Waals surface area contributed by atoms with Crippen molar-refractivity contribution in [3.8, 4) is 0 Å². The van der Waals surface area contributed by atoms with Gasteiger partial charge in [0.25, 0.3) is 0 Å². The van der Waals surface area contributed by atoms with Crippen LogP contribution in [0.25, 0.3) is 0 Å². The van der Waals surface area contributed by atoms with E-state index in [0.29, 0.717) is 6.54 Å². The third-order valence-corrected chi connectivity index (χ3v) is 3.57. The van der Waals surface area contributed by atoms with Gasteiger partial charge in [0.15, 0.2) is 5.11 Å². The van der Waals surface area contributed by atoms with Gasteiger partial charge in [-0.25, -0.2) is 0 Å². The van der Waals surface area contributed by atoms with E-state index in [1.165, 1.54) is 5.56 Å². The van der Waals surface area contributed by atoms with Crippen LogP contribution in [0.15, 0.2) is 47.3 Å². The van der Waals surface area contributed by atoms with Crippen molar-refractivity contribution in [3.05, 3.63) is 54.2 Å². The number of hydrogen-bond donors (Lipinski definition) is 1. The molecule has 0 spiro atoms. The van der Waals surface area contributed by atoms with Crippen molar-refractivity contribution in [3.63, 3.8) is 0 Å². The summed E-state index contributed by atoms with van der Waals surface area (Å²) in [6, 6.07) is 7.89. The molecule has 2 aromatic rings. The lowest BCUT2D eigenvalue weighted by atomic mass is 10.2. The summed E-state index contributed by atoms with van der Waals surface area (Å²) in [5.41, 5.74) is 1.19. The molecule has 0 radical (unpaired) electrons. The van der Waals surface area contributed by atoms with E-state index in [4.69, 9.17) is 16.6 Å². The molecule has 0 bridgehead atoms. The first-order valence-corrected chi connectivity index (χ1v) is 6.88. The van der Waals surface area contributed by atoms with E-state index in [-0.39, 0.29) is 0 Å². The van der Waals surface area contributed by atoms with Crippen LogP contribution in [0.4, 0.5) is 0 Å². The molecular weight excluding hydrogens is 272 g/mol. The van der Waals surface area contributed by atoms with Crippen molar-refractivity contribution in [2.75, 3.05) is 13.3 Å². The third-order valence-electron chi connectivity index (χ3n) is 3.17. The summed E-state index contributed by atoms with van der Waals surface area (Å²) in [5, 5.41) is 4.00. The average Bonchev–Trinajstić information content (AvgIpc) is 2.97. The first kappa shape index (κ1) is 13.1. The van der Waals surface area contributed by atoms with E-state index in [1.54, 1.807) is 12.5 Å². The van der Waals surface area contributed by atoms with Crippen molar-refractivity contribution in [2.24, 2.45) is 0 Å². The summed E-state index contributed by atoms with van der Waals surface area (Å²) in [6.45, 7) is 3.06. The molecule has 1 aliphatic rings. The maximum atomic E-state index is 5.38. The zero-order valence-corrected chi connectivity index (χ0v) is 11.8. The smallest absolute Gasteiger partial charge is 0.171 e. The maximum Gasteiger partial charge on any atom is 0.171 e. The van der Waals surface area contributed by atoms with Crippen LogP contribution in [-0.4, -0.2) is 33.2 Å². The Morgan fingerprint density at radius 3 is 3.00 bits per heavy atom. The van der Waals surface area contributed by atoms with Gasteiger partial charge in [0.05, 0.1) is 26.1 Å². The molecule has 0 saturated carbocycles. The zero-order chi connectivity index (χ0) is 13.8. The Hall–Kier alpha value is -1.92. The van der Waals surface area contributed by atoms with Crippen molar-refractivity contribution < 1.29 is 4.42 Å². The quantitative estimate of drug-likeness (QED) is 0.865. The minimum absolute atomic E-state index is 0.683. The number of aromatic nitrogens is 1. The molecule has 3 rings (SSSR count). The molecule has 0 atom stereocenters. The third kappa shape index (κ3) is 3.15. The SMILES string of the molecule is S=C1NCN(Cc2cccnc2)CN1Cc1ccco1. The first-order valence-electron chi connectivity index (χ1n) is 6.48. The Morgan fingerprint density at radius 1 is 1.30 bits per heavy atom. The molecule has 1 aliphatic heterocycles. The second-order valence-corrected chi connectivity index (χ2v) is 5.14. The fourth-order valence-corrected chi connectivity index (χ4v) is 2.40. The molecule has 3 heterocycles. The zero-order valence-electron chi connectivity index (χ0n) is 11.0. The number of nitrogens with one attached hydrogen (secondary N) is 1. The Bertz CT molecular complexity index is 558. The second kappa shape index (κ2) is 6.02. The van der Waals surface area contributed by atoms with Gasteiger partial charge in [0.1, 0.15) is 5.76 Å². The average molecular weight is 288 g/mol. The van der Waals surface area contributed by atoms with Gasteiger partial charge in [-0.05, 0) is 36.0 Å². The second-order valence-electron chi connectivity index (χ2n) is 4.75. The van der Waals surface area contributed by atoms with Gasteiger partial charge in [-0.2, -0.15) is 0 Å². The van der Waals surface area contributed by atoms with E-state index >= 15 is 0 Å². The summed E-state index contributed by atoms with van der Waals surface area (Å²) in [6.07, 6.45) is 5.36. The van der Waals surface area contributed by atoms with Crippen LogP contribution in [0.1, 0.15) is 11.3 Å². The fraction of sp³-hybridized carbons (Fsp3) is 0.286. The van der Waals surface area contributed by atoms with E-state index in [9.17, 15) is 0 Å². The number of pyridine rings is 1. The highest BCUT2D eigenvalue weighted by molar-refractivity contribution is 7.80. The molecule has 2 aromatic heterocycles. The van der Waals surface area contributed by atoms with Gasteiger partial charge < -0.3 is 14.6 Å². The predicted molar refractivity (Wildman–Crippen MR) is 79.5 cm³/mol. The van der Waals surface area contributed by atoms with Crippen LogP contribution in [0, 0.1) is 0 Å². The van der Waals surface area contributed by atoms with Gasteiger partial charge >= 0.3 is 0 Å². The predicted octanol–water partition coefficient (Wildman–Crippen LogP) is 1.78. The van der Waals surface area contributed by atoms with Crippen LogP contribution in [0.5, 0.6) is 0 Å². The monoisotopic (exact) mass is 288 g/mol. The molecule has 5 nitrogen and oxygen atoms in total. The lowest BCUT2D eigenvalue weighted by Crippen LogP contribution is -2.55. The highest BCUT2D eigenvalue weighted by Gasteiger charge is 2.21. The normalized spacial score (nSPS) is 16.2. The highest BCUT2D eigenvalue weighted by atomic mass is 32.1. The molecule has 20 heavy (non-hydrogen) atoms. The molecule has 104 valence electrons. The lowest BCUT2D eigenvalue weighted by molar-refractivity contribution is 0.137. The molecule has 1 fully saturated rings. The number of nitrogens with zero attached hydrogens (tertiary/aromatic N) is 3. The Morgan fingerprint density at radius 2 is 2.25 bits per heavy atom. The van der Waals surface area contributed by atoms with Crippen molar-refractivity contribution in [1.29, 1.82) is 0 Å². The van der Waals surface area contributed by atoms with Gasteiger partial charge in [-0.3, -0.25) is 9.88 Å². The van der Waals surface area contributed by atoms with Gasteiger partial charge in [-0.15, -0.1) is 0 Å². The standard InChI is InChI=1S/C14H16N4OS/c20-14-16-10-17(8-12-3-1-5-15-7-12)11-18(14)9-13-4-2-6-19-13/h1-7H,8-11H2,(H,16,20). The summed E-state index contributed by atoms with van der Waals surface area (Å²) in [7, 11) is 0. The molecule has 0 amide bonds. The lowest BCUT2D eigenvalue weighted by Gasteiger charge is -2.37. The molecule has 0 aromatic carbocycles. The van der Waals surface area contributed by atoms with E-state index in [1.807, 2.05) is 24.4 Å². The van der Waals surface area contributed by atoms with Crippen molar-refractivity contribution in [1.82, 2.24) is 20.1 Å². The van der Waals surface area contributed by atoms with Crippen molar-refractivity contribution in [2.45, 2.75) is 13.1 Å². The molecule has 6 heteroatoms. The molecule has 0 unspecified atom stereocenters. The number of hydrogen-bond acceptors (Lipinski definition) is 4. The summed E-state index contributed by atoms with van der Waals surface area (Å²) >= 11 is 5.35. The van der Waals surface area contributed by atoms with Gasteiger partial charge in [0.2, 0.25) is 0 Å². The highest BCUT2D eigenvalue weighted by Crippen LogP contribution is 2.11. The molecular formula is C14H16N4OS. The number of rotatable bonds is 4. The minimum Gasteiger partial charge on any atom is -0.467 e. The number of furan rings is 1. The van der Waals surface area contributed by atoms with Crippen LogP contribution in [0.2, 0.25) is 0 Å².